The number of aromatic nitrogens is 2. The SMILES string of the molecule is Cl.Cn1c(-c2ccc(C3=CCNCC3)o2)nc2ccc(C(F)(F)F)cc21. The van der Waals surface area contributed by atoms with E-state index in [1.54, 1.807) is 11.6 Å². The summed E-state index contributed by atoms with van der Waals surface area (Å²) >= 11 is 0. The lowest BCUT2D eigenvalue weighted by Gasteiger charge is -2.11. The molecule has 1 aromatic carbocycles. The van der Waals surface area contributed by atoms with E-state index in [0.717, 1.165) is 43.0 Å². The molecule has 1 aliphatic heterocycles. The molecular weight excluding hydrogens is 367 g/mol. The summed E-state index contributed by atoms with van der Waals surface area (Å²) in [4.78, 5) is 4.43. The summed E-state index contributed by atoms with van der Waals surface area (Å²) in [6.07, 6.45) is -1.42. The first-order valence-corrected chi connectivity index (χ1v) is 7.97. The molecule has 2 aromatic heterocycles. The summed E-state index contributed by atoms with van der Waals surface area (Å²) in [6.45, 7) is 1.70. The van der Waals surface area contributed by atoms with Gasteiger partial charge in [-0.05, 0) is 48.9 Å². The van der Waals surface area contributed by atoms with Gasteiger partial charge in [0.1, 0.15) is 5.76 Å². The van der Waals surface area contributed by atoms with Gasteiger partial charge in [-0.2, -0.15) is 13.2 Å². The molecule has 0 unspecified atom stereocenters. The molecule has 0 radical (unpaired) electrons. The van der Waals surface area contributed by atoms with Crippen molar-refractivity contribution in [1.82, 2.24) is 14.9 Å². The summed E-state index contributed by atoms with van der Waals surface area (Å²) < 4.78 is 46.3. The fourth-order valence-electron chi connectivity index (χ4n) is 3.06. The third kappa shape index (κ3) is 3.24. The van der Waals surface area contributed by atoms with Gasteiger partial charge < -0.3 is 14.3 Å². The van der Waals surface area contributed by atoms with E-state index in [-0.39, 0.29) is 12.4 Å². The predicted octanol–water partition coefficient (Wildman–Crippen LogP) is 4.65. The molecule has 1 aliphatic rings. The second-order valence-corrected chi connectivity index (χ2v) is 6.04. The van der Waals surface area contributed by atoms with E-state index in [2.05, 4.69) is 16.4 Å². The van der Waals surface area contributed by atoms with Gasteiger partial charge in [-0.3, -0.25) is 0 Å². The molecule has 3 heterocycles. The van der Waals surface area contributed by atoms with Crippen molar-refractivity contribution in [3.05, 3.63) is 47.7 Å². The van der Waals surface area contributed by atoms with E-state index in [1.165, 1.54) is 6.07 Å². The maximum atomic E-state index is 12.9. The zero-order valence-corrected chi connectivity index (χ0v) is 14.7. The smallest absolute Gasteiger partial charge is 0.416 e. The van der Waals surface area contributed by atoms with Gasteiger partial charge in [0.25, 0.3) is 0 Å². The molecule has 8 heteroatoms. The minimum atomic E-state index is -4.38. The van der Waals surface area contributed by atoms with Crippen LogP contribution in [0, 0.1) is 0 Å². The number of alkyl halides is 3. The number of hydrogen-bond donors (Lipinski definition) is 1. The quantitative estimate of drug-likeness (QED) is 0.700. The van der Waals surface area contributed by atoms with Crippen LogP contribution < -0.4 is 5.32 Å². The Kier molecular flexibility index (Phi) is 4.86. The minimum Gasteiger partial charge on any atom is -0.453 e. The van der Waals surface area contributed by atoms with Gasteiger partial charge in [0, 0.05) is 13.6 Å². The Labute approximate surface area is 154 Å². The molecular formula is C18H17ClF3N3O. The van der Waals surface area contributed by atoms with Crippen LogP contribution in [0.5, 0.6) is 0 Å². The lowest BCUT2D eigenvalue weighted by atomic mass is 10.1. The highest BCUT2D eigenvalue weighted by atomic mass is 35.5. The number of fused-ring (bicyclic) bond motifs is 1. The van der Waals surface area contributed by atoms with Gasteiger partial charge in [-0.1, -0.05) is 6.08 Å². The Hall–Kier alpha value is -2.25. The molecule has 0 atom stereocenters. The normalized spacial score (nSPS) is 15.0. The predicted molar refractivity (Wildman–Crippen MR) is 96.1 cm³/mol. The van der Waals surface area contributed by atoms with Crippen molar-refractivity contribution in [2.75, 3.05) is 13.1 Å². The first-order valence-electron chi connectivity index (χ1n) is 7.97. The highest BCUT2D eigenvalue weighted by Gasteiger charge is 2.31. The molecule has 4 rings (SSSR count). The zero-order chi connectivity index (χ0) is 17.6. The maximum absolute atomic E-state index is 12.9. The Morgan fingerprint density at radius 1 is 1.15 bits per heavy atom. The second kappa shape index (κ2) is 6.81. The minimum absolute atomic E-state index is 0. The average Bonchev–Trinajstić information content (AvgIpc) is 3.20. The monoisotopic (exact) mass is 383 g/mol. The van der Waals surface area contributed by atoms with E-state index in [0.29, 0.717) is 22.6 Å². The van der Waals surface area contributed by atoms with Crippen molar-refractivity contribution < 1.29 is 17.6 Å². The molecule has 3 aromatic rings. The fraction of sp³-hybridized carbons (Fsp3) is 0.278. The summed E-state index contributed by atoms with van der Waals surface area (Å²) in [6, 6.07) is 7.25. The largest absolute Gasteiger partial charge is 0.453 e. The number of benzene rings is 1. The van der Waals surface area contributed by atoms with E-state index in [9.17, 15) is 13.2 Å². The summed E-state index contributed by atoms with van der Waals surface area (Å²) in [5.41, 5.74) is 1.37. The number of furan rings is 1. The number of hydrogen-bond acceptors (Lipinski definition) is 3. The molecule has 1 N–H and O–H groups in total. The highest BCUT2D eigenvalue weighted by molar-refractivity contribution is 5.85. The first kappa shape index (κ1) is 18.5. The molecule has 0 fully saturated rings. The van der Waals surface area contributed by atoms with Gasteiger partial charge in [-0.25, -0.2) is 4.98 Å². The molecule has 0 saturated heterocycles. The Bertz CT molecular complexity index is 972. The number of rotatable bonds is 2. The van der Waals surface area contributed by atoms with Crippen LogP contribution in [0.1, 0.15) is 17.7 Å². The van der Waals surface area contributed by atoms with Crippen molar-refractivity contribution in [2.45, 2.75) is 12.6 Å². The van der Waals surface area contributed by atoms with Gasteiger partial charge in [0.15, 0.2) is 11.6 Å². The van der Waals surface area contributed by atoms with Gasteiger partial charge in [0.05, 0.1) is 16.6 Å². The van der Waals surface area contributed by atoms with Crippen LogP contribution in [0.2, 0.25) is 0 Å². The number of halogens is 4. The summed E-state index contributed by atoms with van der Waals surface area (Å²) in [5.74, 6) is 1.83. The third-order valence-electron chi connectivity index (χ3n) is 4.41. The highest BCUT2D eigenvalue weighted by Crippen LogP contribution is 2.33. The molecule has 0 spiro atoms. The van der Waals surface area contributed by atoms with Gasteiger partial charge in [0.2, 0.25) is 0 Å². The standard InChI is InChI=1S/C18H16F3N3O.ClH/c1-24-14-10-12(18(19,20)21)2-3-13(14)23-17(24)16-5-4-15(25-16)11-6-8-22-9-7-11;/h2-6,10,22H,7-9H2,1H3;1H. The molecule has 0 saturated carbocycles. The average molecular weight is 384 g/mol. The molecule has 138 valence electrons. The molecule has 4 nitrogen and oxygen atoms in total. The fourth-order valence-corrected chi connectivity index (χ4v) is 3.06. The molecule has 0 amide bonds. The van der Waals surface area contributed by atoms with Gasteiger partial charge >= 0.3 is 6.18 Å². The van der Waals surface area contributed by atoms with Crippen molar-refractivity contribution in [3.63, 3.8) is 0 Å². The summed E-state index contributed by atoms with van der Waals surface area (Å²) in [5, 5.41) is 3.24. The van der Waals surface area contributed by atoms with E-state index >= 15 is 0 Å². The molecule has 0 aliphatic carbocycles. The van der Waals surface area contributed by atoms with Crippen LogP contribution in [0.25, 0.3) is 28.2 Å². The van der Waals surface area contributed by atoms with Crippen LogP contribution in [0.3, 0.4) is 0 Å². The lowest BCUT2D eigenvalue weighted by molar-refractivity contribution is -0.137. The topological polar surface area (TPSA) is 43.0 Å². The van der Waals surface area contributed by atoms with Crippen LogP contribution in [0.4, 0.5) is 13.2 Å². The van der Waals surface area contributed by atoms with Crippen LogP contribution in [-0.4, -0.2) is 22.6 Å². The molecule has 0 bridgehead atoms. The third-order valence-corrected chi connectivity index (χ3v) is 4.41. The zero-order valence-electron chi connectivity index (χ0n) is 13.9. The number of nitrogens with one attached hydrogen (secondary N) is 1. The van der Waals surface area contributed by atoms with E-state index < -0.39 is 11.7 Å². The Morgan fingerprint density at radius 3 is 2.62 bits per heavy atom. The number of nitrogens with zero attached hydrogens (tertiary/aromatic N) is 2. The number of aryl methyl sites for hydroxylation is 1. The molecule has 26 heavy (non-hydrogen) atoms. The van der Waals surface area contributed by atoms with Crippen LogP contribution in [0.15, 0.2) is 40.8 Å². The second-order valence-electron chi connectivity index (χ2n) is 6.04. The van der Waals surface area contributed by atoms with Crippen LogP contribution in [-0.2, 0) is 13.2 Å². The van der Waals surface area contributed by atoms with Crippen molar-refractivity contribution in [1.29, 1.82) is 0 Å². The lowest BCUT2D eigenvalue weighted by Crippen LogP contribution is -2.19. The Balaban J connectivity index is 0.00000196. The van der Waals surface area contributed by atoms with E-state index in [4.69, 9.17) is 4.42 Å². The summed E-state index contributed by atoms with van der Waals surface area (Å²) in [7, 11) is 1.69. The van der Waals surface area contributed by atoms with Crippen molar-refractivity contribution in [3.8, 4) is 11.6 Å². The maximum Gasteiger partial charge on any atom is 0.416 e. The van der Waals surface area contributed by atoms with Gasteiger partial charge in [-0.15, -0.1) is 12.4 Å². The number of imidazole rings is 1. The Morgan fingerprint density at radius 2 is 1.92 bits per heavy atom. The van der Waals surface area contributed by atoms with Crippen LogP contribution >= 0.6 is 12.4 Å². The van der Waals surface area contributed by atoms with Crippen molar-refractivity contribution >= 4 is 29.0 Å². The first-order chi connectivity index (χ1) is 11.9. The van der Waals surface area contributed by atoms with E-state index in [1.807, 2.05) is 12.1 Å². The van der Waals surface area contributed by atoms with Crippen molar-refractivity contribution in [2.24, 2.45) is 7.05 Å².